The van der Waals surface area contributed by atoms with Crippen LogP contribution in [0.1, 0.15) is 37.0 Å². The Kier molecular flexibility index (Phi) is 5.94. The lowest BCUT2D eigenvalue weighted by atomic mass is 9.91. The van der Waals surface area contributed by atoms with E-state index >= 15 is 0 Å². The third kappa shape index (κ3) is 4.27. The van der Waals surface area contributed by atoms with Crippen LogP contribution >= 0.6 is 11.6 Å². The Morgan fingerprint density at radius 3 is 2.52 bits per heavy atom. The number of hydrogen-bond donors (Lipinski definition) is 2. The molecular formula is C22H24ClN3O3. The van der Waals surface area contributed by atoms with E-state index in [0.29, 0.717) is 16.3 Å². The molecule has 0 bridgehead atoms. The molecule has 0 radical (unpaired) electrons. The van der Waals surface area contributed by atoms with E-state index < -0.39 is 23.4 Å². The molecule has 1 atom stereocenters. The lowest BCUT2D eigenvalue weighted by Crippen LogP contribution is -2.42. The van der Waals surface area contributed by atoms with Gasteiger partial charge in [-0.15, -0.1) is 0 Å². The van der Waals surface area contributed by atoms with Gasteiger partial charge in [-0.05, 0) is 49.1 Å². The number of aryl methyl sites for hydroxylation is 2. The SMILES string of the molecule is CCCc1ccc([C@]2(C)NC(=O)N(CC(=O)Nc3cc(Cl)ccc3C)C2=O)cc1. The van der Waals surface area contributed by atoms with E-state index in [1.807, 2.05) is 31.2 Å². The van der Waals surface area contributed by atoms with Crippen molar-refractivity contribution < 1.29 is 14.4 Å². The van der Waals surface area contributed by atoms with Gasteiger partial charge in [0.2, 0.25) is 5.91 Å². The minimum atomic E-state index is -1.20. The van der Waals surface area contributed by atoms with Gasteiger partial charge in [0, 0.05) is 10.7 Å². The molecule has 2 N–H and O–H groups in total. The number of carbonyl (C=O) groups excluding carboxylic acids is 3. The van der Waals surface area contributed by atoms with Gasteiger partial charge < -0.3 is 10.6 Å². The summed E-state index contributed by atoms with van der Waals surface area (Å²) >= 11 is 5.97. The van der Waals surface area contributed by atoms with Crippen molar-refractivity contribution in [1.82, 2.24) is 10.2 Å². The van der Waals surface area contributed by atoms with E-state index in [9.17, 15) is 14.4 Å². The zero-order chi connectivity index (χ0) is 21.2. The quantitative estimate of drug-likeness (QED) is 0.702. The molecule has 29 heavy (non-hydrogen) atoms. The summed E-state index contributed by atoms with van der Waals surface area (Å²) in [5.41, 5.74) is 2.03. The van der Waals surface area contributed by atoms with E-state index in [-0.39, 0.29) is 6.54 Å². The summed E-state index contributed by atoms with van der Waals surface area (Å²) < 4.78 is 0. The van der Waals surface area contributed by atoms with Crippen molar-refractivity contribution in [3.05, 3.63) is 64.2 Å². The van der Waals surface area contributed by atoms with Crippen molar-refractivity contribution in [3.8, 4) is 0 Å². The van der Waals surface area contributed by atoms with Crippen LogP contribution in [-0.4, -0.2) is 29.3 Å². The first kappa shape index (κ1) is 20.9. The van der Waals surface area contributed by atoms with Gasteiger partial charge in [0.05, 0.1) is 0 Å². The second-order valence-corrected chi connectivity index (χ2v) is 7.84. The van der Waals surface area contributed by atoms with Gasteiger partial charge in [0.1, 0.15) is 12.1 Å². The smallest absolute Gasteiger partial charge is 0.324 e. The van der Waals surface area contributed by atoms with Crippen LogP contribution in [0, 0.1) is 6.92 Å². The van der Waals surface area contributed by atoms with Gasteiger partial charge in [0.25, 0.3) is 5.91 Å². The van der Waals surface area contributed by atoms with Crippen LogP contribution in [0.4, 0.5) is 10.5 Å². The van der Waals surface area contributed by atoms with Gasteiger partial charge in [-0.25, -0.2) is 4.79 Å². The number of rotatable bonds is 6. The van der Waals surface area contributed by atoms with E-state index in [4.69, 9.17) is 11.6 Å². The lowest BCUT2D eigenvalue weighted by Gasteiger charge is -2.22. The topological polar surface area (TPSA) is 78.5 Å². The van der Waals surface area contributed by atoms with Crippen LogP contribution in [0.5, 0.6) is 0 Å². The number of amides is 4. The molecule has 2 aromatic carbocycles. The third-order valence-electron chi connectivity index (χ3n) is 5.12. The fourth-order valence-corrected chi connectivity index (χ4v) is 3.56. The highest BCUT2D eigenvalue weighted by molar-refractivity contribution is 6.31. The van der Waals surface area contributed by atoms with Crippen molar-refractivity contribution in [1.29, 1.82) is 0 Å². The standard InChI is InChI=1S/C22H24ClN3O3/c1-4-5-15-7-9-16(10-8-15)22(3)20(28)26(21(29)25-22)13-19(27)24-18-12-17(23)11-6-14(18)2/h6-12H,4-5,13H2,1-3H3,(H,24,27)(H,25,29)/t22-/m0/s1. The third-order valence-corrected chi connectivity index (χ3v) is 5.36. The molecule has 0 unspecified atom stereocenters. The molecule has 3 rings (SSSR count). The van der Waals surface area contributed by atoms with Crippen LogP contribution in [0.3, 0.4) is 0 Å². The number of hydrogen-bond acceptors (Lipinski definition) is 3. The van der Waals surface area contributed by atoms with E-state index in [2.05, 4.69) is 17.6 Å². The molecule has 1 saturated heterocycles. The largest absolute Gasteiger partial charge is 0.325 e. The highest BCUT2D eigenvalue weighted by Gasteiger charge is 2.49. The molecule has 1 heterocycles. The lowest BCUT2D eigenvalue weighted by molar-refractivity contribution is -0.133. The zero-order valence-electron chi connectivity index (χ0n) is 16.7. The summed E-state index contributed by atoms with van der Waals surface area (Å²) in [6.45, 7) is 5.21. The van der Waals surface area contributed by atoms with Crippen molar-refractivity contribution in [2.24, 2.45) is 0 Å². The van der Waals surface area contributed by atoms with Gasteiger partial charge in [-0.2, -0.15) is 0 Å². The van der Waals surface area contributed by atoms with E-state index in [1.54, 1.807) is 25.1 Å². The number of urea groups is 1. The van der Waals surface area contributed by atoms with Gasteiger partial charge in [-0.1, -0.05) is 55.3 Å². The van der Waals surface area contributed by atoms with Gasteiger partial charge >= 0.3 is 6.03 Å². The molecule has 7 heteroatoms. The average Bonchev–Trinajstić information content (AvgIpc) is 2.89. The number of halogens is 1. The molecular weight excluding hydrogens is 390 g/mol. The minimum absolute atomic E-state index is 0.375. The van der Waals surface area contributed by atoms with Crippen LogP contribution in [0.25, 0.3) is 0 Å². The Hall–Kier alpha value is -2.86. The Morgan fingerprint density at radius 2 is 1.86 bits per heavy atom. The molecule has 0 aliphatic carbocycles. The maximum absolute atomic E-state index is 13.0. The minimum Gasteiger partial charge on any atom is -0.324 e. The molecule has 0 saturated carbocycles. The zero-order valence-corrected chi connectivity index (χ0v) is 17.5. The maximum Gasteiger partial charge on any atom is 0.325 e. The Balaban J connectivity index is 1.74. The maximum atomic E-state index is 13.0. The predicted molar refractivity (Wildman–Crippen MR) is 113 cm³/mol. The first-order valence-electron chi connectivity index (χ1n) is 9.54. The van der Waals surface area contributed by atoms with Crippen molar-refractivity contribution in [2.75, 3.05) is 11.9 Å². The Labute approximate surface area is 175 Å². The molecule has 1 aliphatic rings. The molecule has 0 spiro atoms. The summed E-state index contributed by atoms with van der Waals surface area (Å²) in [6.07, 6.45) is 1.98. The molecule has 1 aliphatic heterocycles. The van der Waals surface area contributed by atoms with Crippen LogP contribution < -0.4 is 10.6 Å². The van der Waals surface area contributed by atoms with Gasteiger partial charge in [0.15, 0.2) is 0 Å². The summed E-state index contributed by atoms with van der Waals surface area (Å²) in [4.78, 5) is 38.8. The van der Waals surface area contributed by atoms with Crippen LogP contribution in [0.15, 0.2) is 42.5 Å². The van der Waals surface area contributed by atoms with Crippen molar-refractivity contribution in [2.45, 2.75) is 39.2 Å². The number of nitrogens with zero attached hydrogens (tertiary/aromatic N) is 1. The molecule has 4 amide bonds. The highest BCUT2D eigenvalue weighted by atomic mass is 35.5. The summed E-state index contributed by atoms with van der Waals surface area (Å²) in [5.74, 6) is -0.926. The van der Waals surface area contributed by atoms with Crippen molar-refractivity contribution >= 4 is 35.1 Å². The molecule has 1 fully saturated rings. The second kappa shape index (κ2) is 8.25. The fraction of sp³-hybridized carbons (Fsp3) is 0.318. The Bertz CT molecular complexity index is 958. The van der Waals surface area contributed by atoms with E-state index in [0.717, 1.165) is 23.3 Å². The molecule has 2 aromatic rings. The summed E-state index contributed by atoms with van der Waals surface area (Å²) in [6, 6.07) is 12.2. The first-order valence-corrected chi connectivity index (χ1v) is 9.92. The summed E-state index contributed by atoms with van der Waals surface area (Å²) in [7, 11) is 0. The summed E-state index contributed by atoms with van der Waals surface area (Å²) in [5, 5.41) is 5.92. The number of benzene rings is 2. The van der Waals surface area contributed by atoms with E-state index in [1.165, 1.54) is 5.56 Å². The first-order chi connectivity index (χ1) is 13.7. The highest BCUT2D eigenvalue weighted by Crippen LogP contribution is 2.29. The number of carbonyl (C=O) groups is 3. The van der Waals surface area contributed by atoms with Crippen molar-refractivity contribution in [3.63, 3.8) is 0 Å². The number of imide groups is 1. The monoisotopic (exact) mass is 413 g/mol. The number of anilines is 1. The number of nitrogens with one attached hydrogen (secondary N) is 2. The molecule has 152 valence electrons. The average molecular weight is 414 g/mol. The predicted octanol–water partition coefficient (Wildman–Crippen LogP) is 4.01. The van der Waals surface area contributed by atoms with Crippen LogP contribution in [0.2, 0.25) is 5.02 Å². The molecule has 0 aromatic heterocycles. The molecule has 6 nitrogen and oxygen atoms in total. The van der Waals surface area contributed by atoms with Gasteiger partial charge in [-0.3, -0.25) is 14.5 Å². The second-order valence-electron chi connectivity index (χ2n) is 7.40. The van der Waals surface area contributed by atoms with Crippen LogP contribution in [-0.2, 0) is 21.5 Å². The Morgan fingerprint density at radius 1 is 1.17 bits per heavy atom. The normalized spacial score (nSPS) is 18.7. The fourth-order valence-electron chi connectivity index (χ4n) is 3.39.